The number of nitrogens with two attached hydrogens (primary N) is 1. The summed E-state index contributed by atoms with van der Waals surface area (Å²) in [6.07, 6.45) is -2.49. The molecule has 19 heavy (non-hydrogen) atoms. The third kappa shape index (κ3) is 3.10. The molecule has 3 N–H and O–H groups in total. The number of aliphatic hydroxyl groups excluding tert-OH is 1. The molecule has 7 heteroatoms. The number of anilines is 2. The lowest BCUT2D eigenvalue weighted by atomic mass is 10.2. The molecule has 4 nitrogen and oxygen atoms in total. The lowest BCUT2D eigenvalue weighted by Gasteiger charge is -2.24. The number of hydrogen-bond acceptors (Lipinski definition) is 5. The van der Waals surface area contributed by atoms with E-state index in [0.717, 1.165) is 15.2 Å². The Morgan fingerprint density at radius 1 is 1.47 bits per heavy atom. The molecule has 2 aromatic rings. The van der Waals surface area contributed by atoms with Crippen LogP contribution in [0.5, 0.6) is 0 Å². The van der Waals surface area contributed by atoms with Crippen LogP contribution in [0.25, 0.3) is 10.2 Å². The molecule has 0 spiro atoms. The minimum atomic E-state index is -2.49. The van der Waals surface area contributed by atoms with Crippen LogP contribution < -0.4 is 10.6 Å². The summed E-state index contributed by atoms with van der Waals surface area (Å²) in [5, 5.41) is 9.88. The summed E-state index contributed by atoms with van der Waals surface area (Å²) in [6, 6.07) is 3.44. The molecule has 0 saturated heterocycles. The monoisotopic (exact) mass is 287 g/mol. The van der Waals surface area contributed by atoms with Crippen molar-refractivity contribution in [3.8, 4) is 0 Å². The van der Waals surface area contributed by atoms with Gasteiger partial charge in [0.05, 0.1) is 39.8 Å². The summed E-state index contributed by atoms with van der Waals surface area (Å²) >= 11 is 1.51. The van der Waals surface area contributed by atoms with E-state index in [2.05, 4.69) is 4.98 Å². The third-order valence-electron chi connectivity index (χ3n) is 2.71. The smallest absolute Gasteiger partial charge is 0.255 e. The van der Waals surface area contributed by atoms with Crippen LogP contribution in [-0.4, -0.2) is 36.2 Å². The van der Waals surface area contributed by atoms with Crippen molar-refractivity contribution < 1.29 is 13.9 Å². The molecule has 0 aliphatic heterocycles. The highest BCUT2D eigenvalue weighted by Crippen LogP contribution is 2.32. The molecular formula is C12H15F2N3OS. The van der Waals surface area contributed by atoms with Gasteiger partial charge in [-0.3, -0.25) is 0 Å². The van der Waals surface area contributed by atoms with Crippen molar-refractivity contribution in [3.05, 3.63) is 17.1 Å². The van der Waals surface area contributed by atoms with Crippen LogP contribution in [0.2, 0.25) is 0 Å². The molecule has 1 aromatic carbocycles. The van der Waals surface area contributed by atoms with E-state index in [0.29, 0.717) is 11.4 Å². The number of aryl methyl sites for hydroxylation is 1. The maximum Gasteiger partial charge on any atom is 0.255 e. The fourth-order valence-corrected chi connectivity index (χ4v) is 2.82. The van der Waals surface area contributed by atoms with Gasteiger partial charge in [-0.25, -0.2) is 13.8 Å². The van der Waals surface area contributed by atoms with Gasteiger partial charge in [0.15, 0.2) is 0 Å². The van der Waals surface area contributed by atoms with Gasteiger partial charge < -0.3 is 15.7 Å². The second kappa shape index (κ2) is 5.66. The van der Waals surface area contributed by atoms with E-state index < -0.39 is 13.0 Å². The fraction of sp³-hybridized carbons (Fsp3) is 0.417. The third-order valence-corrected chi connectivity index (χ3v) is 3.65. The summed E-state index contributed by atoms with van der Waals surface area (Å²) in [7, 11) is 0. The van der Waals surface area contributed by atoms with Crippen molar-refractivity contribution in [3.63, 3.8) is 0 Å². The van der Waals surface area contributed by atoms with Gasteiger partial charge in [0.1, 0.15) is 0 Å². The standard InChI is InChI=1S/C12H15F2N3OS/c1-7-16-9-5-10(8(15)4-11(9)19-7)17(2-3-18)6-12(13)14/h4-5,12,18H,2-3,6,15H2,1H3. The summed E-state index contributed by atoms with van der Waals surface area (Å²) in [5.74, 6) is 0. The topological polar surface area (TPSA) is 62.4 Å². The highest BCUT2D eigenvalue weighted by atomic mass is 32.1. The van der Waals surface area contributed by atoms with Crippen molar-refractivity contribution in [1.82, 2.24) is 4.98 Å². The first-order chi connectivity index (χ1) is 9.01. The molecule has 0 radical (unpaired) electrons. The number of nitrogens with zero attached hydrogens (tertiary/aromatic N) is 2. The molecule has 1 heterocycles. The number of rotatable bonds is 5. The highest BCUT2D eigenvalue weighted by molar-refractivity contribution is 7.18. The van der Waals surface area contributed by atoms with Crippen LogP contribution in [0.3, 0.4) is 0 Å². The summed E-state index contributed by atoms with van der Waals surface area (Å²) in [6.45, 7) is 1.33. The van der Waals surface area contributed by atoms with Crippen LogP contribution in [-0.2, 0) is 0 Å². The normalized spacial score (nSPS) is 11.4. The Balaban J connectivity index is 2.42. The van der Waals surface area contributed by atoms with Gasteiger partial charge in [-0.2, -0.15) is 0 Å². The Bertz CT molecular complexity index is 573. The van der Waals surface area contributed by atoms with Crippen molar-refractivity contribution in [2.75, 3.05) is 30.3 Å². The first-order valence-corrected chi connectivity index (χ1v) is 6.63. The first-order valence-electron chi connectivity index (χ1n) is 5.82. The molecule has 0 aliphatic rings. The predicted octanol–water partition coefficient (Wildman–Crippen LogP) is 2.25. The number of hydrogen-bond donors (Lipinski definition) is 2. The second-order valence-corrected chi connectivity index (χ2v) is 5.41. The molecule has 0 bridgehead atoms. The molecule has 0 amide bonds. The van der Waals surface area contributed by atoms with Crippen LogP contribution in [0.1, 0.15) is 5.01 Å². The Kier molecular flexibility index (Phi) is 4.16. The molecular weight excluding hydrogens is 272 g/mol. The van der Waals surface area contributed by atoms with Crippen molar-refractivity contribution in [2.45, 2.75) is 13.3 Å². The largest absolute Gasteiger partial charge is 0.397 e. The van der Waals surface area contributed by atoms with Crippen LogP contribution in [0.4, 0.5) is 20.2 Å². The number of nitrogen functional groups attached to an aromatic ring is 1. The van der Waals surface area contributed by atoms with Crippen LogP contribution in [0.15, 0.2) is 12.1 Å². The summed E-state index contributed by atoms with van der Waals surface area (Å²) in [4.78, 5) is 5.71. The highest BCUT2D eigenvalue weighted by Gasteiger charge is 2.16. The first kappa shape index (κ1) is 14.0. The minimum absolute atomic E-state index is 0.114. The fourth-order valence-electron chi connectivity index (χ4n) is 1.97. The van der Waals surface area contributed by atoms with Gasteiger partial charge in [-0.15, -0.1) is 11.3 Å². The number of benzene rings is 1. The van der Waals surface area contributed by atoms with E-state index in [9.17, 15) is 8.78 Å². The zero-order valence-electron chi connectivity index (χ0n) is 10.4. The van der Waals surface area contributed by atoms with Gasteiger partial charge in [0.25, 0.3) is 6.43 Å². The van der Waals surface area contributed by atoms with E-state index in [4.69, 9.17) is 10.8 Å². The average Bonchev–Trinajstić information content (AvgIpc) is 2.66. The molecule has 1 aromatic heterocycles. The second-order valence-electron chi connectivity index (χ2n) is 4.17. The van der Waals surface area contributed by atoms with Gasteiger partial charge in [0, 0.05) is 6.54 Å². The Labute approximate surface area is 113 Å². The number of alkyl halides is 2. The SMILES string of the molecule is Cc1nc2cc(N(CCO)CC(F)F)c(N)cc2s1. The number of fused-ring (bicyclic) bond motifs is 1. The van der Waals surface area contributed by atoms with Gasteiger partial charge >= 0.3 is 0 Å². The Hall–Kier alpha value is -1.47. The quantitative estimate of drug-likeness (QED) is 0.828. The zero-order valence-corrected chi connectivity index (χ0v) is 11.3. The van der Waals surface area contributed by atoms with E-state index in [1.54, 1.807) is 12.1 Å². The molecule has 0 atom stereocenters. The molecule has 2 rings (SSSR count). The summed E-state index contributed by atoms with van der Waals surface area (Å²) in [5.41, 5.74) is 7.57. The predicted molar refractivity (Wildman–Crippen MR) is 74.1 cm³/mol. The van der Waals surface area contributed by atoms with E-state index in [-0.39, 0.29) is 13.2 Å². The lowest BCUT2D eigenvalue weighted by Crippen LogP contribution is -2.32. The maximum absolute atomic E-state index is 12.6. The summed E-state index contributed by atoms with van der Waals surface area (Å²) < 4.78 is 26.1. The van der Waals surface area contributed by atoms with Crippen LogP contribution in [0, 0.1) is 6.92 Å². The Morgan fingerprint density at radius 2 is 2.21 bits per heavy atom. The van der Waals surface area contributed by atoms with Crippen molar-refractivity contribution >= 4 is 32.9 Å². The Morgan fingerprint density at radius 3 is 2.84 bits per heavy atom. The molecule has 0 saturated carbocycles. The van der Waals surface area contributed by atoms with Gasteiger partial charge in [-0.05, 0) is 19.1 Å². The number of aliphatic hydroxyl groups is 1. The van der Waals surface area contributed by atoms with E-state index in [1.165, 1.54) is 16.2 Å². The van der Waals surface area contributed by atoms with E-state index >= 15 is 0 Å². The zero-order chi connectivity index (χ0) is 14.0. The van der Waals surface area contributed by atoms with Crippen LogP contribution >= 0.6 is 11.3 Å². The minimum Gasteiger partial charge on any atom is -0.397 e. The number of halogens is 2. The maximum atomic E-state index is 12.6. The molecule has 0 unspecified atom stereocenters. The average molecular weight is 287 g/mol. The number of thiazole rings is 1. The van der Waals surface area contributed by atoms with Gasteiger partial charge in [-0.1, -0.05) is 0 Å². The lowest BCUT2D eigenvalue weighted by molar-refractivity contribution is 0.153. The van der Waals surface area contributed by atoms with Gasteiger partial charge in [0.2, 0.25) is 0 Å². The van der Waals surface area contributed by atoms with Crippen molar-refractivity contribution in [1.29, 1.82) is 0 Å². The number of aromatic nitrogens is 1. The molecule has 104 valence electrons. The molecule has 0 fully saturated rings. The molecule has 0 aliphatic carbocycles. The van der Waals surface area contributed by atoms with E-state index in [1.807, 2.05) is 6.92 Å². The van der Waals surface area contributed by atoms with Crippen molar-refractivity contribution in [2.24, 2.45) is 0 Å².